The molecular weight excluding hydrogens is 372 g/mol. The summed E-state index contributed by atoms with van der Waals surface area (Å²) in [6.45, 7) is 2.08. The van der Waals surface area contributed by atoms with E-state index in [2.05, 4.69) is 15.7 Å². The van der Waals surface area contributed by atoms with Gasteiger partial charge in [-0.2, -0.15) is 0 Å². The van der Waals surface area contributed by atoms with Gasteiger partial charge in [0.1, 0.15) is 6.04 Å². The molecule has 0 saturated carbocycles. The van der Waals surface area contributed by atoms with Crippen LogP contribution in [0.15, 0.2) is 47.3 Å². The molecule has 3 N–H and O–H groups in total. The SMILES string of the molecule is Cc1cccc(C(=O)NCc2cccc3[nH]n(C4CCC(=O)NC4=O)c(=O)c23)c1. The normalized spacial score (nSPS) is 16.7. The summed E-state index contributed by atoms with van der Waals surface area (Å²) in [5.74, 6) is -1.06. The number of piperidine rings is 1. The second kappa shape index (κ2) is 7.38. The van der Waals surface area contributed by atoms with E-state index in [1.165, 1.54) is 4.68 Å². The van der Waals surface area contributed by atoms with Gasteiger partial charge in [0.25, 0.3) is 17.4 Å². The molecule has 1 atom stereocenters. The van der Waals surface area contributed by atoms with E-state index in [0.717, 1.165) is 5.56 Å². The molecule has 148 valence electrons. The van der Waals surface area contributed by atoms with E-state index in [1.807, 2.05) is 19.1 Å². The number of rotatable bonds is 4. The molecule has 2 heterocycles. The minimum absolute atomic E-state index is 0.173. The molecule has 1 aliphatic heterocycles. The van der Waals surface area contributed by atoms with Crippen molar-refractivity contribution in [3.63, 3.8) is 0 Å². The predicted octanol–water partition coefficient (Wildman–Crippen LogP) is 1.55. The fourth-order valence-electron chi connectivity index (χ4n) is 3.61. The fraction of sp³-hybridized carbons (Fsp3) is 0.238. The van der Waals surface area contributed by atoms with Crippen molar-refractivity contribution < 1.29 is 14.4 Å². The maximum Gasteiger partial charge on any atom is 0.275 e. The van der Waals surface area contributed by atoms with Gasteiger partial charge >= 0.3 is 0 Å². The fourth-order valence-corrected chi connectivity index (χ4v) is 3.61. The van der Waals surface area contributed by atoms with E-state index in [4.69, 9.17) is 0 Å². The Bertz CT molecular complexity index is 1190. The van der Waals surface area contributed by atoms with Crippen molar-refractivity contribution in [2.45, 2.75) is 32.4 Å². The van der Waals surface area contributed by atoms with Crippen LogP contribution in [0.4, 0.5) is 0 Å². The van der Waals surface area contributed by atoms with Gasteiger partial charge in [0, 0.05) is 18.5 Å². The number of aromatic amines is 1. The molecular formula is C21H20N4O4. The van der Waals surface area contributed by atoms with Gasteiger partial charge in [-0.25, -0.2) is 4.68 Å². The molecule has 29 heavy (non-hydrogen) atoms. The highest BCUT2D eigenvalue weighted by atomic mass is 16.2. The molecule has 3 aromatic rings. The third-order valence-corrected chi connectivity index (χ3v) is 5.07. The zero-order valence-electron chi connectivity index (χ0n) is 15.8. The molecule has 1 unspecified atom stereocenters. The van der Waals surface area contributed by atoms with E-state index in [9.17, 15) is 19.2 Å². The third kappa shape index (κ3) is 3.56. The lowest BCUT2D eigenvalue weighted by Crippen LogP contribution is -2.44. The summed E-state index contributed by atoms with van der Waals surface area (Å²) in [5.41, 5.74) is 2.40. The number of hydrogen-bond acceptors (Lipinski definition) is 4. The topological polar surface area (TPSA) is 113 Å². The maximum absolute atomic E-state index is 13.0. The molecule has 8 nitrogen and oxygen atoms in total. The lowest BCUT2D eigenvalue weighted by Gasteiger charge is -2.20. The van der Waals surface area contributed by atoms with E-state index in [1.54, 1.807) is 30.3 Å². The minimum atomic E-state index is -0.762. The number of H-pyrrole nitrogens is 1. The number of aromatic nitrogens is 2. The number of benzene rings is 2. The van der Waals surface area contributed by atoms with Crippen LogP contribution in [-0.2, 0) is 16.1 Å². The molecule has 1 saturated heterocycles. The van der Waals surface area contributed by atoms with Crippen LogP contribution in [-0.4, -0.2) is 27.5 Å². The van der Waals surface area contributed by atoms with Crippen molar-refractivity contribution in [1.29, 1.82) is 0 Å². The average molecular weight is 392 g/mol. The number of aryl methyl sites for hydroxylation is 1. The van der Waals surface area contributed by atoms with Crippen molar-refractivity contribution in [2.24, 2.45) is 0 Å². The summed E-state index contributed by atoms with van der Waals surface area (Å²) < 4.78 is 1.26. The number of nitrogens with one attached hydrogen (secondary N) is 3. The quantitative estimate of drug-likeness (QED) is 0.585. The second-order valence-electron chi connectivity index (χ2n) is 7.15. The Morgan fingerprint density at radius 2 is 1.97 bits per heavy atom. The molecule has 0 radical (unpaired) electrons. The van der Waals surface area contributed by atoms with Gasteiger partial charge in [-0.1, -0.05) is 29.8 Å². The van der Waals surface area contributed by atoms with Crippen LogP contribution in [0.3, 0.4) is 0 Å². The van der Waals surface area contributed by atoms with E-state index in [0.29, 0.717) is 22.0 Å². The van der Waals surface area contributed by atoms with Crippen LogP contribution < -0.4 is 16.2 Å². The zero-order valence-corrected chi connectivity index (χ0v) is 15.8. The first-order valence-corrected chi connectivity index (χ1v) is 9.34. The highest BCUT2D eigenvalue weighted by Gasteiger charge is 2.30. The number of carbonyl (C=O) groups excluding carboxylic acids is 3. The monoisotopic (exact) mass is 392 g/mol. The molecule has 0 spiro atoms. The number of hydrogen-bond donors (Lipinski definition) is 3. The Morgan fingerprint density at radius 3 is 2.72 bits per heavy atom. The summed E-state index contributed by atoms with van der Waals surface area (Å²) >= 11 is 0. The summed E-state index contributed by atoms with van der Waals surface area (Å²) in [6, 6.07) is 11.8. The first-order chi connectivity index (χ1) is 13.9. The standard InChI is InChI=1S/C21H20N4O4/c1-12-4-2-5-13(10-12)19(27)22-11-14-6-3-7-15-18(14)21(29)25(24-15)16-8-9-17(26)23-20(16)28/h2-7,10,16,24H,8-9,11H2,1H3,(H,22,27)(H,23,26,28). The molecule has 0 bridgehead atoms. The van der Waals surface area contributed by atoms with Crippen LogP contribution >= 0.6 is 0 Å². The minimum Gasteiger partial charge on any atom is -0.348 e. The van der Waals surface area contributed by atoms with Crippen LogP contribution in [0.2, 0.25) is 0 Å². The maximum atomic E-state index is 13.0. The first-order valence-electron chi connectivity index (χ1n) is 9.34. The first kappa shape index (κ1) is 18.7. The van der Waals surface area contributed by atoms with E-state index >= 15 is 0 Å². The van der Waals surface area contributed by atoms with E-state index < -0.39 is 11.9 Å². The Balaban J connectivity index is 1.62. The van der Waals surface area contributed by atoms with Crippen molar-refractivity contribution in [3.05, 3.63) is 69.5 Å². The molecule has 2 aromatic carbocycles. The van der Waals surface area contributed by atoms with Gasteiger partial charge in [0.2, 0.25) is 5.91 Å². The highest BCUT2D eigenvalue weighted by molar-refractivity contribution is 5.99. The summed E-state index contributed by atoms with van der Waals surface area (Å²) in [4.78, 5) is 48.9. The summed E-state index contributed by atoms with van der Waals surface area (Å²) in [7, 11) is 0. The van der Waals surface area contributed by atoms with Crippen molar-refractivity contribution in [2.75, 3.05) is 0 Å². The average Bonchev–Trinajstić information content (AvgIpc) is 3.03. The molecule has 4 rings (SSSR count). The Hall–Kier alpha value is -3.68. The molecule has 1 aliphatic rings. The van der Waals surface area contributed by atoms with Crippen molar-refractivity contribution >= 4 is 28.6 Å². The summed E-state index contributed by atoms with van der Waals surface area (Å²) in [5, 5.41) is 8.49. The Kier molecular flexibility index (Phi) is 4.75. The van der Waals surface area contributed by atoms with Gasteiger partial charge in [0.15, 0.2) is 0 Å². The Labute approximate surface area is 165 Å². The van der Waals surface area contributed by atoms with Crippen LogP contribution in [0.5, 0.6) is 0 Å². The van der Waals surface area contributed by atoms with Crippen LogP contribution in [0.1, 0.15) is 40.4 Å². The lowest BCUT2D eigenvalue weighted by atomic mass is 10.1. The highest BCUT2D eigenvalue weighted by Crippen LogP contribution is 2.20. The van der Waals surface area contributed by atoms with Gasteiger partial charge < -0.3 is 5.32 Å². The largest absolute Gasteiger partial charge is 0.348 e. The molecule has 1 fully saturated rings. The van der Waals surface area contributed by atoms with Crippen molar-refractivity contribution in [3.8, 4) is 0 Å². The molecule has 1 aromatic heterocycles. The second-order valence-corrected chi connectivity index (χ2v) is 7.15. The predicted molar refractivity (Wildman–Crippen MR) is 106 cm³/mol. The molecule has 3 amide bonds. The summed E-state index contributed by atoms with van der Waals surface area (Å²) in [6.07, 6.45) is 0.439. The molecule has 8 heteroatoms. The smallest absolute Gasteiger partial charge is 0.275 e. The Morgan fingerprint density at radius 1 is 1.17 bits per heavy atom. The van der Waals surface area contributed by atoms with Crippen LogP contribution in [0, 0.1) is 6.92 Å². The third-order valence-electron chi connectivity index (χ3n) is 5.07. The van der Waals surface area contributed by atoms with Gasteiger partial charge in [0.05, 0.1) is 10.9 Å². The molecule has 0 aliphatic carbocycles. The zero-order chi connectivity index (χ0) is 20.5. The lowest BCUT2D eigenvalue weighted by molar-refractivity contribution is -0.136. The number of carbonyl (C=O) groups is 3. The number of imide groups is 1. The van der Waals surface area contributed by atoms with Gasteiger partial charge in [-0.3, -0.25) is 29.6 Å². The van der Waals surface area contributed by atoms with Crippen molar-refractivity contribution in [1.82, 2.24) is 20.4 Å². The number of fused-ring (bicyclic) bond motifs is 1. The van der Waals surface area contributed by atoms with E-state index in [-0.39, 0.29) is 36.8 Å². The van der Waals surface area contributed by atoms with Gasteiger partial charge in [-0.15, -0.1) is 0 Å². The number of nitrogens with zero attached hydrogens (tertiary/aromatic N) is 1. The number of amides is 3. The van der Waals surface area contributed by atoms with Gasteiger partial charge in [-0.05, 0) is 37.1 Å². The van der Waals surface area contributed by atoms with Crippen LogP contribution in [0.25, 0.3) is 10.9 Å².